The van der Waals surface area contributed by atoms with E-state index in [0.29, 0.717) is 11.2 Å². The van der Waals surface area contributed by atoms with Crippen molar-refractivity contribution in [2.75, 3.05) is 5.32 Å². The number of H-pyrrole nitrogens is 1. The molecule has 1 heterocycles. The van der Waals surface area contributed by atoms with Crippen LogP contribution in [-0.4, -0.2) is 20.7 Å². The number of amides is 1. The van der Waals surface area contributed by atoms with Gasteiger partial charge in [-0.2, -0.15) is 5.10 Å². The average Bonchev–Trinajstić information content (AvgIpc) is 2.87. The van der Waals surface area contributed by atoms with E-state index in [1.807, 2.05) is 35.8 Å². The number of aromatic amines is 1. The van der Waals surface area contributed by atoms with Crippen LogP contribution in [0.1, 0.15) is 37.9 Å². The van der Waals surface area contributed by atoms with Crippen LogP contribution in [0.2, 0.25) is 0 Å². The number of hydrogen-bond donors (Lipinski definition) is 2. The molecule has 1 aromatic carbocycles. The normalized spacial score (nSPS) is 14.4. The number of nitrogens with one attached hydrogen (secondary N) is 2. The summed E-state index contributed by atoms with van der Waals surface area (Å²) < 4.78 is 2.38. The molecule has 1 aromatic heterocycles. The molecule has 0 saturated heterocycles. The van der Waals surface area contributed by atoms with Crippen molar-refractivity contribution in [1.29, 1.82) is 0 Å². The van der Waals surface area contributed by atoms with Crippen molar-refractivity contribution in [1.82, 2.24) is 14.8 Å². The van der Waals surface area contributed by atoms with E-state index in [1.165, 1.54) is 18.4 Å². The Morgan fingerprint density at radius 1 is 1.43 bits per heavy atom. The summed E-state index contributed by atoms with van der Waals surface area (Å²) in [5, 5.41) is 9.85. The lowest BCUT2D eigenvalue weighted by atomic mass is 9.97. The Morgan fingerprint density at radius 2 is 2.30 bits per heavy atom. The van der Waals surface area contributed by atoms with E-state index in [1.54, 1.807) is 0 Å². The lowest BCUT2D eigenvalue weighted by Crippen LogP contribution is -2.13. The smallest absolute Gasteiger partial charge is 0.228 e. The van der Waals surface area contributed by atoms with Gasteiger partial charge in [-0.3, -0.25) is 14.5 Å². The molecule has 1 aliphatic carbocycles. The highest BCUT2D eigenvalue weighted by Crippen LogP contribution is 2.21. The van der Waals surface area contributed by atoms with Crippen molar-refractivity contribution in [2.24, 2.45) is 0 Å². The van der Waals surface area contributed by atoms with E-state index in [2.05, 4.69) is 21.6 Å². The molecule has 5 nitrogen and oxygen atoms in total. The largest absolute Gasteiger partial charge is 0.326 e. The van der Waals surface area contributed by atoms with Gasteiger partial charge in [-0.1, -0.05) is 17.7 Å². The Balaban J connectivity index is 1.74. The highest BCUT2D eigenvalue weighted by Gasteiger charge is 2.10. The van der Waals surface area contributed by atoms with Crippen molar-refractivity contribution < 1.29 is 4.79 Å². The van der Waals surface area contributed by atoms with Crippen molar-refractivity contribution >= 4 is 23.8 Å². The number of carbonyl (C=O) groups excluding carboxylic acids is 1. The summed E-state index contributed by atoms with van der Waals surface area (Å²) in [6, 6.07) is 7.64. The number of anilines is 1. The molecule has 0 bridgehead atoms. The predicted octanol–water partition coefficient (Wildman–Crippen LogP) is 4.07. The van der Waals surface area contributed by atoms with E-state index in [4.69, 9.17) is 12.2 Å². The molecular weight excluding hydrogens is 308 g/mol. The van der Waals surface area contributed by atoms with Crippen LogP contribution in [0.3, 0.4) is 0 Å². The molecule has 0 radical (unpaired) electrons. The second kappa shape index (κ2) is 6.91. The molecule has 23 heavy (non-hydrogen) atoms. The lowest BCUT2D eigenvalue weighted by Gasteiger charge is -2.13. The zero-order valence-electron chi connectivity index (χ0n) is 13.1. The lowest BCUT2D eigenvalue weighted by molar-refractivity contribution is -0.115. The standard InChI is InChI=1S/C17H20N4OS/c1-12-19-20-17(23)21(12)15-9-5-8-14(11-15)18-16(22)10-13-6-3-2-4-7-13/h5-6,8-9,11H,2-4,7,10H2,1H3,(H,18,22)(H,20,23). The molecule has 2 N–H and O–H groups in total. The molecule has 3 rings (SSSR count). The van der Waals surface area contributed by atoms with E-state index < -0.39 is 0 Å². The first-order valence-corrected chi connectivity index (χ1v) is 8.26. The second-order valence-corrected chi connectivity index (χ2v) is 6.18. The number of nitrogens with zero attached hydrogens (tertiary/aromatic N) is 2. The Bertz CT molecular complexity index is 803. The van der Waals surface area contributed by atoms with Gasteiger partial charge < -0.3 is 5.32 Å². The van der Waals surface area contributed by atoms with Gasteiger partial charge in [0.2, 0.25) is 5.91 Å². The van der Waals surface area contributed by atoms with Gasteiger partial charge in [0, 0.05) is 12.1 Å². The van der Waals surface area contributed by atoms with Crippen molar-refractivity contribution in [2.45, 2.75) is 39.0 Å². The zero-order chi connectivity index (χ0) is 16.2. The third-order valence-electron chi connectivity index (χ3n) is 4.00. The molecule has 0 unspecified atom stereocenters. The molecule has 0 aliphatic heterocycles. The van der Waals surface area contributed by atoms with E-state index >= 15 is 0 Å². The minimum absolute atomic E-state index is 0.0304. The highest BCUT2D eigenvalue weighted by molar-refractivity contribution is 7.71. The molecule has 0 atom stereocenters. The number of carbonyl (C=O) groups is 1. The molecule has 1 amide bonds. The maximum Gasteiger partial charge on any atom is 0.228 e. The van der Waals surface area contributed by atoms with Gasteiger partial charge in [0.05, 0.1) is 5.69 Å². The summed E-state index contributed by atoms with van der Waals surface area (Å²) in [5.74, 6) is 0.814. The summed E-state index contributed by atoms with van der Waals surface area (Å²) in [6.45, 7) is 1.88. The van der Waals surface area contributed by atoms with Crippen LogP contribution in [0.25, 0.3) is 5.69 Å². The molecule has 0 saturated carbocycles. The number of aromatic nitrogens is 3. The van der Waals surface area contributed by atoms with Gasteiger partial charge in [-0.25, -0.2) is 0 Å². The first-order chi connectivity index (χ1) is 11.1. The van der Waals surface area contributed by atoms with Gasteiger partial charge in [0.25, 0.3) is 0 Å². The Morgan fingerprint density at radius 3 is 3.00 bits per heavy atom. The van der Waals surface area contributed by atoms with Crippen molar-refractivity contribution in [3.63, 3.8) is 0 Å². The van der Waals surface area contributed by atoms with Crippen LogP contribution in [0.4, 0.5) is 5.69 Å². The van der Waals surface area contributed by atoms with Crippen molar-refractivity contribution in [3.05, 3.63) is 46.5 Å². The third kappa shape index (κ3) is 3.76. The maximum absolute atomic E-state index is 12.2. The van der Waals surface area contributed by atoms with Gasteiger partial charge in [-0.15, -0.1) is 0 Å². The second-order valence-electron chi connectivity index (χ2n) is 5.79. The average molecular weight is 328 g/mol. The summed E-state index contributed by atoms with van der Waals surface area (Å²) >= 11 is 5.24. The van der Waals surface area contributed by atoms with Gasteiger partial charge in [0.1, 0.15) is 5.82 Å². The van der Waals surface area contributed by atoms with Crippen molar-refractivity contribution in [3.8, 4) is 5.69 Å². The number of allylic oxidation sites excluding steroid dienone is 1. The quantitative estimate of drug-likeness (QED) is 0.657. The highest BCUT2D eigenvalue weighted by atomic mass is 32.1. The Labute approximate surface area is 140 Å². The van der Waals surface area contributed by atoms with Crippen LogP contribution in [0, 0.1) is 11.7 Å². The van der Waals surface area contributed by atoms with Crippen LogP contribution < -0.4 is 5.32 Å². The summed E-state index contributed by atoms with van der Waals surface area (Å²) in [4.78, 5) is 12.2. The molecule has 0 fully saturated rings. The summed E-state index contributed by atoms with van der Waals surface area (Å²) in [7, 11) is 0. The SMILES string of the molecule is Cc1n[nH]c(=S)n1-c1cccc(NC(=O)CC2=CCCCC2)c1. The Kier molecular flexibility index (Phi) is 4.71. The minimum Gasteiger partial charge on any atom is -0.326 e. The zero-order valence-corrected chi connectivity index (χ0v) is 13.9. The number of rotatable bonds is 4. The molecule has 120 valence electrons. The molecule has 1 aliphatic rings. The predicted molar refractivity (Wildman–Crippen MR) is 93.3 cm³/mol. The number of benzene rings is 1. The topological polar surface area (TPSA) is 62.7 Å². The first kappa shape index (κ1) is 15.7. The Hall–Kier alpha value is -2.21. The molecular formula is C17H20N4OS. The van der Waals surface area contributed by atoms with Crippen LogP contribution in [-0.2, 0) is 4.79 Å². The van der Waals surface area contributed by atoms with Gasteiger partial charge >= 0.3 is 0 Å². The van der Waals surface area contributed by atoms with E-state index in [0.717, 1.165) is 30.0 Å². The summed E-state index contributed by atoms with van der Waals surface area (Å²) in [5.41, 5.74) is 2.90. The monoisotopic (exact) mass is 328 g/mol. The molecule has 6 heteroatoms. The van der Waals surface area contributed by atoms with E-state index in [9.17, 15) is 4.79 Å². The van der Waals surface area contributed by atoms with Crippen LogP contribution >= 0.6 is 12.2 Å². The minimum atomic E-state index is 0.0304. The van der Waals surface area contributed by atoms with Gasteiger partial charge in [-0.05, 0) is 63.0 Å². The number of aryl methyl sites for hydroxylation is 1. The van der Waals surface area contributed by atoms with Crippen LogP contribution in [0.5, 0.6) is 0 Å². The van der Waals surface area contributed by atoms with Gasteiger partial charge in [0.15, 0.2) is 4.77 Å². The summed E-state index contributed by atoms with van der Waals surface area (Å²) in [6.07, 6.45) is 7.24. The van der Waals surface area contributed by atoms with E-state index in [-0.39, 0.29) is 5.91 Å². The molecule has 0 spiro atoms. The fourth-order valence-corrected chi connectivity index (χ4v) is 3.16. The fraction of sp³-hybridized carbons (Fsp3) is 0.353. The molecule has 2 aromatic rings. The number of hydrogen-bond acceptors (Lipinski definition) is 3. The van der Waals surface area contributed by atoms with Crippen LogP contribution in [0.15, 0.2) is 35.9 Å². The maximum atomic E-state index is 12.2. The third-order valence-corrected chi connectivity index (χ3v) is 4.27. The first-order valence-electron chi connectivity index (χ1n) is 7.86. The fourth-order valence-electron chi connectivity index (χ4n) is 2.88.